The summed E-state index contributed by atoms with van der Waals surface area (Å²) in [6.45, 7) is 9.65. The molecule has 0 spiro atoms. The lowest BCUT2D eigenvalue weighted by atomic mass is 9.33. The van der Waals surface area contributed by atoms with Gasteiger partial charge in [0, 0.05) is 45.2 Å². The highest BCUT2D eigenvalue weighted by molar-refractivity contribution is 7.00. The molecule has 11 rings (SSSR count). The Bertz CT molecular complexity index is 2640. The summed E-state index contributed by atoms with van der Waals surface area (Å²) in [5.41, 5.74) is 20.7. The highest BCUT2D eigenvalue weighted by Gasteiger charge is 2.61. The topological polar surface area (TPSA) is 9.72 Å². The summed E-state index contributed by atoms with van der Waals surface area (Å²) in [5, 5.41) is 0. The third-order valence-corrected chi connectivity index (χ3v) is 13.8. The second-order valence-corrected chi connectivity index (χ2v) is 17.1. The van der Waals surface area contributed by atoms with Crippen molar-refractivity contribution in [3.05, 3.63) is 174 Å². The number of benzene rings is 7. The average molecular weight is 724 g/mol. The first-order valence-corrected chi connectivity index (χ1v) is 20.4. The minimum Gasteiger partial charge on any atom is -0.335 e. The Labute approximate surface area is 332 Å². The van der Waals surface area contributed by atoms with Crippen molar-refractivity contribution in [1.29, 1.82) is 0 Å². The van der Waals surface area contributed by atoms with E-state index in [1.165, 1.54) is 109 Å². The van der Waals surface area contributed by atoms with Crippen LogP contribution in [0.1, 0.15) is 56.2 Å². The van der Waals surface area contributed by atoms with Gasteiger partial charge in [-0.25, -0.2) is 0 Å². The van der Waals surface area contributed by atoms with Gasteiger partial charge >= 0.3 is 0 Å². The van der Waals surface area contributed by atoms with Gasteiger partial charge in [0.05, 0.1) is 11.2 Å². The first-order valence-electron chi connectivity index (χ1n) is 20.4. The van der Waals surface area contributed by atoms with Crippen LogP contribution < -0.4 is 31.1 Å². The quantitative estimate of drug-likeness (QED) is 0.164. The summed E-state index contributed by atoms with van der Waals surface area (Å²) >= 11 is 0. The van der Waals surface area contributed by atoms with Crippen LogP contribution in [0.2, 0.25) is 0 Å². The van der Waals surface area contributed by atoms with Gasteiger partial charge in [0.15, 0.2) is 0 Å². The molecule has 0 amide bonds. The molecule has 7 aromatic rings. The smallest absolute Gasteiger partial charge is 0.252 e. The second kappa shape index (κ2) is 12.3. The molecule has 0 bridgehead atoms. The number of para-hydroxylation sites is 2. The molecule has 0 aromatic heterocycles. The molecule has 1 saturated carbocycles. The van der Waals surface area contributed by atoms with Crippen molar-refractivity contribution >= 4 is 68.6 Å². The Balaban J connectivity index is 1.28. The third kappa shape index (κ3) is 4.65. The summed E-state index contributed by atoms with van der Waals surface area (Å²) in [6.07, 6.45) is 4.83. The van der Waals surface area contributed by atoms with E-state index in [2.05, 4.69) is 200 Å². The van der Waals surface area contributed by atoms with Crippen LogP contribution >= 0.6 is 0 Å². The van der Waals surface area contributed by atoms with Crippen LogP contribution in [0, 0.1) is 13.8 Å². The number of aryl methyl sites for hydroxylation is 2. The summed E-state index contributed by atoms with van der Waals surface area (Å²) in [5.74, 6) is 0. The Morgan fingerprint density at radius 1 is 0.536 bits per heavy atom. The number of hydrogen-bond donors (Lipinski definition) is 0. The Morgan fingerprint density at radius 3 is 1.89 bits per heavy atom. The van der Waals surface area contributed by atoms with Crippen molar-refractivity contribution < 1.29 is 0 Å². The predicted molar refractivity (Wildman–Crippen MR) is 238 cm³/mol. The maximum absolute atomic E-state index is 2.85. The van der Waals surface area contributed by atoms with Gasteiger partial charge in [0.25, 0.3) is 6.71 Å². The van der Waals surface area contributed by atoms with E-state index in [0.29, 0.717) is 0 Å². The third-order valence-electron chi connectivity index (χ3n) is 13.8. The van der Waals surface area contributed by atoms with Crippen LogP contribution in [-0.2, 0) is 5.41 Å². The van der Waals surface area contributed by atoms with E-state index in [1.807, 2.05) is 0 Å². The average Bonchev–Trinajstić information content (AvgIpc) is 3.43. The number of nitrogens with zero attached hydrogens (tertiary/aromatic N) is 3. The molecule has 4 aliphatic rings. The number of fused-ring (bicyclic) bond motifs is 7. The van der Waals surface area contributed by atoms with Crippen molar-refractivity contribution in [1.82, 2.24) is 0 Å². The van der Waals surface area contributed by atoms with Gasteiger partial charge in [0.2, 0.25) is 0 Å². The SMILES string of the molecule is Cc1cccc(N(c2cccc(C)c2)c2cc3c4c(c2)N2c5c(cc(-c6ccccc6)cc5C5(C)CCCCC25C)B4c2ccccc2N3c2ccccc2)c1. The monoisotopic (exact) mass is 723 g/mol. The molecule has 2 atom stereocenters. The lowest BCUT2D eigenvalue weighted by Gasteiger charge is -2.53. The van der Waals surface area contributed by atoms with Crippen molar-refractivity contribution in [2.45, 2.75) is 64.3 Å². The van der Waals surface area contributed by atoms with E-state index in [9.17, 15) is 0 Å². The van der Waals surface area contributed by atoms with E-state index in [0.717, 1.165) is 6.42 Å². The van der Waals surface area contributed by atoms with E-state index in [4.69, 9.17) is 0 Å². The normalized spacial score (nSPS) is 19.9. The van der Waals surface area contributed by atoms with E-state index < -0.39 is 0 Å². The largest absolute Gasteiger partial charge is 0.335 e. The van der Waals surface area contributed by atoms with E-state index >= 15 is 0 Å². The molecule has 2 unspecified atom stereocenters. The molecule has 0 radical (unpaired) electrons. The zero-order valence-corrected chi connectivity index (χ0v) is 32.8. The molecular weight excluding hydrogens is 677 g/mol. The van der Waals surface area contributed by atoms with Gasteiger partial charge in [-0.15, -0.1) is 0 Å². The number of anilines is 8. The van der Waals surface area contributed by atoms with Gasteiger partial charge in [-0.2, -0.15) is 0 Å². The van der Waals surface area contributed by atoms with Gasteiger partial charge in [-0.3, -0.25) is 0 Å². The fourth-order valence-electron chi connectivity index (χ4n) is 11.0. The summed E-state index contributed by atoms with van der Waals surface area (Å²) in [6, 6.07) is 59.4. The predicted octanol–water partition coefficient (Wildman–Crippen LogP) is 11.8. The zero-order chi connectivity index (χ0) is 37.8. The fourth-order valence-corrected chi connectivity index (χ4v) is 11.0. The zero-order valence-electron chi connectivity index (χ0n) is 32.8. The molecule has 1 aliphatic carbocycles. The highest BCUT2D eigenvalue weighted by Crippen LogP contribution is 2.62. The van der Waals surface area contributed by atoms with E-state index in [1.54, 1.807) is 0 Å². The molecule has 56 heavy (non-hydrogen) atoms. The highest BCUT2D eigenvalue weighted by atomic mass is 15.3. The van der Waals surface area contributed by atoms with Crippen LogP contribution in [0.5, 0.6) is 0 Å². The lowest BCUT2D eigenvalue weighted by Crippen LogP contribution is -2.64. The first-order chi connectivity index (χ1) is 27.3. The number of rotatable bonds is 5. The Kier molecular flexibility index (Phi) is 7.30. The van der Waals surface area contributed by atoms with E-state index in [-0.39, 0.29) is 17.7 Å². The van der Waals surface area contributed by atoms with Crippen molar-refractivity contribution in [3.8, 4) is 11.1 Å². The maximum atomic E-state index is 2.85. The molecule has 3 heterocycles. The molecule has 7 aromatic carbocycles. The van der Waals surface area contributed by atoms with Gasteiger partial charge in [0.1, 0.15) is 0 Å². The summed E-state index contributed by atoms with van der Waals surface area (Å²) in [4.78, 5) is 7.89. The summed E-state index contributed by atoms with van der Waals surface area (Å²) < 4.78 is 0. The van der Waals surface area contributed by atoms with Gasteiger partial charge in [-0.05, 0) is 138 Å². The maximum Gasteiger partial charge on any atom is 0.252 e. The van der Waals surface area contributed by atoms with Crippen LogP contribution in [0.3, 0.4) is 0 Å². The molecule has 3 nitrogen and oxygen atoms in total. The van der Waals surface area contributed by atoms with Gasteiger partial charge < -0.3 is 14.7 Å². The van der Waals surface area contributed by atoms with Crippen LogP contribution in [0.25, 0.3) is 11.1 Å². The van der Waals surface area contributed by atoms with Crippen LogP contribution in [0.4, 0.5) is 45.5 Å². The number of hydrogen-bond acceptors (Lipinski definition) is 3. The molecular formula is C52H46BN3. The molecule has 272 valence electrons. The molecule has 3 aliphatic heterocycles. The van der Waals surface area contributed by atoms with Gasteiger partial charge in [-0.1, -0.05) is 117 Å². The van der Waals surface area contributed by atoms with Crippen LogP contribution in [0.15, 0.2) is 158 Å². The Hall–Kier alpha value is -6.00. The van der Waals surface area contributed by atoms with Crippen molar-refractivity contribution in [2.75, 3.05) is 14.7 Å². The molecule has 4 heteroatoms. The molecule has 1 fully saturated rings. The minimum absolute atomic E-state index is 0.0120. The Morgan fingerprint density at radius 2 is 1.18 bits per heavy atom. The fraction of sp³-hybridized carbons (Fsp3) is 0.192. The standard InChI is InChI=1S/C52H46BN3/c1-35-17-15-23-40(29-35)54(41-24-16-18-36(2)30-41)42-33-47-49-48(34-42)56-50-43(51(3)27-13-14-28-52(51,56)4)31-38(37-19-7-5-8-20-37)32-45(50)53(49)44-25-11-12-26-46(44)55(47)39-21-9-6-10-22-39/h5-12,15-26,29-34H,13-14,27-28H2,1-4H3. The van der Waals surface area contributed by atoms with Crippen LogP contribution in [-0.4, -0.2) is 12.3 Å². The lowest BCUT2D eigenvalue weighted by molar-refractivity contribution is 0.195. The minimum atomic E-state index is -0.0962. The first kappa shape index (κ1) is 33.4. The summed E-state index contributed by atoms with van der Waals surface area (Å²) in [7, 11) is 0. The van der Waals surface area contributed by atoms with Crippen molar-refractivity contribution in [3.63, 3.8) is 0 Å². The second-order valence-electron chi connectivity index (χ2n) is 17.1. The molecule has 0 saturated heterocycles. The van der Waals surface area contributed by atoms with Crippen molar-refractivity contribution in [2.24, 2.45) is 0 Å². The molecule has 0 N–H and O–H groups in total.